The van der Waals surface area contributed by atoms with E-state index in [0.717, 1.165) is 24.7 Å². The van der Waals surface area contributed by atoms with Crippen molar-refractivity contribution in [3.63, 3.8) is 0 Å². The summed E-state index contributed by atoms with van der Waals surface area (Å²) in [5, 5.41) is 19.6. The minimum absolute atomic E-state index is 0.205. The molecule has 1 fully saturated rings. The highest BCUT2D eigenvalue weighted by atomic mass is 16.6. The molecule has 0 radical (unpaired) electrons. The Kier molecular flexibility index (Phi) is 14.8. The van der Waals surface area contributed by atoms with E-state index >= 15 is 0 Å². The summed E-state index contributed by atoms with van der Waals surface area (Å²) in [5.74, 6) is -0.110. The first kappa shape index (κ1) is 27.9. The van der Waals surface area contributed by atoms with E-state index in [1.54, 1.807) is 0 Å². The Hall–Kier alpha value is -1.13. The number of unbranched alkanes of at least 4 members (excludes halogenated alkanes) is 4. The standard InChI is InChI=1S/C27H48O4/c1-4-6-7-10-15-24(5-2)16-13-18-26-20-14-19-25(26)17-11-8-9-12-21-27(29,30)22-31-23(3)28/h8,11,13,18,24-26,29-30H,4-7,9-10,12,14-17,19-22H2,1-3H3/t24-,25-,26-/m0/s1. The van der Waals surface area contributed by atoms with Crippen molar-refractivity contribution in [2.24, 2.45) is 17.8 Å². The monoisotopic (exact) mass is 436 g/mol. The van der Waals surface area contributed by atoms with Gasteiger partial charge in [0.05, 0.1) is 0 Å². The zero-order chi connectivity index (χ0) is 23.0. The van der Waals surface area contributed by atoms with Crippen LogP contribution in [0.15, 0.2) is 24.3 Å². The lowest BCUT2D eigenvalue weighted by atomic mass is 9.90. The fourth-order valence-electron chi connectivity index (χ4n) is 4.59. The van der Waals surface area contributed by atoms with Gasteiger partial charge in [0, 0.05) is 13.3 Å². The zero-order valence-electron chi connectivity index (χ0n) is 20.4. The van der Waals surface area contributed by atoms with Crippen molar-refractivity contribution in [2.75, 3.05) is 6.61 Å². The van der Waals surface area contributed by atoms with Crippen molar-refractivity contribution in [1.82, 2.24) is 0 Å². The molecule has 0 saturated heterocycles. The number of esters is 1. The van der Waals surface area contributed by atoms with Gasteiger partial charge in [0.25, 0.3) is 0 Å². The molecule has 0 aliphatic heterocycles. The van der Waals surface area contributed by atoms with Crippen LogP contribution in [-0.2, 0) is 9.53 Å². The zero-order valence-corrected chi connectivity index (χ0v) is 20.4. The van der Waals surface area contributed by atoms with Gasteiger partial charge in [0.15, 0.2) is 5.79 Å². The number of allylic oxidation sites excluding steroid dienone is 4. The normalized spacial score (nSPS) is 20.7. The molecule has 0 unspecified atom stereocenters. The van der Waals surface area contributed by atoms with Crippen molar-refractivity contribution in [3.05, 3.63) is 24.3 Å². The highest BCUT2D eigenvalue weighted by Crippen LogP contribution is 2.35. The van der Waals surface area contributed by atoms with Gasteiger partial charge >= 0.3 is 5.97 Å². The molecule has 1 aliphatic carbocycles. The lowest BCUT2D eigenvalue weighted by Gasteiger charge is -2.20. The Bertz CT molecular complexity index is 523. The molecule has 4 nitrogen and oxygen atoms in total. The maximum absolute atomic E-state index is 10.8. The fourth-order valence-corrected chi connectivity index (χ4v) is 4.59. The van der Waals surface area contributed by atoms with Crippen molar-refractivity contribution >= 4 is 5.97 Å². The molecular weight excluding hydrogens is 388 g/mol. The Morgan fingerprint density at radius 3 is 2.61 bits per heavy atom. The quantitative estimate of drug-likeness (QED) is 0.115. The van der Waals surface area contributed by atoms with Gasteiger partial charge in [0.2, 0.25) is 0 Å². The van der Waals surface area contributed by atoms with E-state index in [-0.39, 0.29) is 13.0 Å². The second-order valence-corrected chi connectivity index (χ2v) is 9.50. The third kappa shape index (κ3) is 13.8. The minimum atomic E-state index is -1.92. The van der Waals surface area contributed by atoms with E-state index in [1.807, 2.05) is 0 Å². The summed E-state index contributed by atoms with van der Waals surface area (Å²) < 4.78 is 4.68. The highest BCUT2D eigenvalue weighted by Gasteiger charge is 2.25. The number of carbonyl (C=O) groups is 1. The summed E-state index contributed by atoms with van der Waals surface area (Å²) >= 11 is 0. The van der Waals surface area contributed by atoms with Gasteiger partial charge in [-0.05, 0) is 56.3 Å². The largest absolute Gasteiger partial charge is 0.460 e. The van der Waals surface area contributed by atoms with Crippen LogP contribution in [0.2, 0.25) is 0 Å². The van der Waals surface area contributed by atoms with Crippen molar-refractivity contribution in [1.29, 1.82) is 0 Å². The molecule has 3 atom stereocenters. The molecule has 1 aliphatic rings. The Balaban J connectivity index is 2.26. The topological polar surface area (TPSA) is 66.8 Å². The number of aliphatic hydroxyl groups is 2. The molecule has 0 amide bonds. The van der Waals surface area contributed by atoms with Crippen molar-refractivity contribution < 1.29 is 19.7 Å². The number of ether oxygens (including phenoxy) is 1. The molecule has 0 aromatic heterocycles. The summed E-state index contributed by atoms with van der Waals surface area (Å²) in [7, 11) is 0. The Labute approximate surface area is 191 Å². The van der Waals surface area contributed by atoms with Crippen LogP contribution in [0.3, 0.4) is 0 Å². The van der Waals surface area contributed by atoms with Crippen LogP contribution in [0.25, 0.3) is 0 Å². The predicted octanol–water partition coefficient (Wildman–Crippen LogP) is 6.71. The van der Waals surface area contributed by atoms with Gasteiger partial charge in [0.1, 0.15) is 6.61 Å². The molecule has 0 spiro atoms. The molecule has 0 bridgehead atoms. The second kappa shape index (κ2) is 16.5. The lowest BCUT2D eigenvalue weighted by molar-refractivity contribution is -0.204. The predicted molar refractivity (Wildman–Crippen MR) is 129 cm³/mol. The lowest BCUT2D eigenvalue weighted by Crippen LogP contribution is -2.34. The molecular formula is C27H48O4. The molecule has 180 valence electrons. The van der Waals surface area contributed by atoms with Crippen molar-refractivity contribution in [2.45, 2.75) is 116 Å². The van der Waals surface area contributed by atoms with E-state index < -0.39 is 11.8 Å². The summed E-state index contributed by atoms with van der Waals surface area (Å²) in [6, 6.07) is 0. The van der Waals surface area contributed by atoms with E-state index in [9.17, 15) is 15.0 Å². The third-order valence-corrected chi connectivity index (χ3v) is 6.67. The summed E-state index contributed by atoms with van der Waals surface area (Å²) in [5.41, 5.74) is 0. The van der Waals surface area contributed by atoms with Crippen molar-refractivity contribution in [3.8, 4) is 0 Å². The van der Waals surface area contributed by atoms with E-state index in [1.165, 1.54) is 71.1 Å². The second-order valence-electron chi connectivity index (χ2n) is 9.50. The number of carbonyl (C=O) groups excluding carboxylic acids is 1. The van der Waals surface area contributed by atoms with Crippen LogP contribution >= 0.6 is 0 Å². The Morgan fingerprint density at radius 1 is 1.10 bits per heavy atom. The fraction of sp³-hybridized carbons (Fsp3) is 0.815. The third-order valence-electron chi connectivity index (χ3n) is 6.67. The van der Waals surface area contributed by atoms with Gasteiger partial charge in [-0.25, -0.2) is 0 Å². The van der Waals surface area contributed by atoms with Crippen LogP contribution in [0, 0.1) is 17.8 Å². The first-order valence-electron chi connectivity index (χ1n) is 12.8. The van der Waals surface area contributed by atoms with Crippen LogP contribution in [0.1, 0.15) is 111 Å². The molecule has 2 N–H and O–H groups in total. The molecule has 4 heteroatoms. The molecule has 1 saturated carbocycles. The summed E-state index contributed by atoms with van der Waals surface area (Å²) in [6.45, 7) is 5.51. The molecule has 31 heavy (non-hydrogen) atoms. The van der Waals surface area contributed by atoms with E-state index in [2.05, 4.69) is 42.9 Å². The van der Waals surface area contributed by atoms with E-state index in [4.69, 9.17) is 0 Å². The van der Waals surface area contributed by atoms with Crippen LogP contribution in [0.4, 0.5) is 0 Å². The van der Waals surface area contributed by atoms with Gasteiger partial charge in [-0.3, -0.25) is 4.79 Å². The van der Waals surface area contributed by atoms with Crippen LogP contribution in [0.5, 0.6) is 0 Å². The highest BCUT2D eigenvalue weighted by molar-refractivity contribution is 5.65. The molecule has 1 rings (SSSR count). The van der Waals surface area contributed by atoms with Gasteiger partial charge in [-0.1, -0.05) is 83.1 Å². The first-order valence-corrected chi connectivity index (χ1v) is 12.8. The number of hydrogen-bond donors (Lipinski definition) is 2. The Morgan fingerprint density at radius 2 is 1.90 bits per heavy atom. The van der Waals surface area contributed by atoms with Gasteiger partial charge in [-0.2, -0.15) is 0 Å². The van der Waals surface area contributed by atoms with Crippen LogP contribution < -0.4 is 0 Å². The SMILES string of the molecule is CCCCCC[C@H](CC)CC=C[C@H]1CCC[C@@H]1CC=CCCCC(O)(O)COC(C)=O. The number of rotatable bonds is 17. The summed E-state index contributed by atoms with van der Waals surface area (Å²) in [6.07, 6.45) is 25.5. The maximum Gasteiger partial charge on any atom is 0.302 e. The summed E-state index contributed by atoms with van der Waals surface area (Å²) in [4.78, 5) is 10.8. The number of hydrogen-bond acceptors (Lipinski definition) is 4. The van der Waals surface area contributed by atoms with E-state index in [0.29, 0.717) is 12.3 Å². The van der Waals surface area contributed by atoms with Gasteiger partial charge in [-0.15, -0.1) is 0 Å². The molecule has 0 heterocycles. The smallest absolute Gasteiger partial charge is 0.302 e. The average Bonchev–Trinajstić information content (AvgIpc) is 3.18. The van der Waals surface area contributed by atoms with Crippen LogP contribution in [-0.4, -0.2) is 28.6 Å². The maximum atomic E-state index is 10.8. The average molecular weight is 437 g/mol. The minimum Gasteiger partial charge on any atom is -0.460 e. The molecule has 0 aromatic carbocycles. The molecule has 0 aromatic rings. The van der Waals surface area contributed by atoms with Gasteiger partial charge < -0.3 is 14.9 Å². The first-order chi connectivity index (χ1) is 14.9.